The van der Waals surface area contributed by atoms with E-state index in [9.17, 15) is 9.18 Å². The van der Waals surface area contributed by atoms with Gasteiger partial charge in [-0.15, -0.1) is 11.6 Å². The van der Waals surface area contributed by atoms with Crippen molar-refractivity contribution in [1.82, 2.24) is 5.32 Å². The van der Waals surface area contributed by atoms with Gasteiger partial charge < -0.3 is 5.32 Å². The third-order valence-corrected chi connectivity index (χ3v) is 3.49. The van der Waals surface area contributed by atoms with Crippen LogP contribution >= 0.6 is 27.5 Å². The number of benzene rings is 2. The number of halogens is 3. The SMILES string of the molecule is O=C(NCc1cccc(CCl)c1)c1cc(F)cc(Br)c1. The van der Waals surface area contributed by atoms with E-state index in [-0.39, 0.29) is 11.5 Å². The summed E-state index contributed by atoms with van der Waals surface area (Å²) in [5, 5.41) is 2.75. The van der Waals surface area contributed by atoms with E-state index >= 15 is 0 Å². The average Bonchev–Trinajstić information content (AvgIpc) is 2.44. The number of alkyl halides is 1. The van der Waals surface area contributed by atoms with Gasteiger partial charge in [0, 0.05) is 22.5 Å². The van der Waals surface area contributed by atoms with Crippen molar-refractivity contribution in [2.24, 2.45) is 0 Å². The number of carbonyl (C=O) groups is 1. The fourth-order valence-electron chi connectivity index (χ4n) is 1.79. The Labute approximate surface area is 130 Å². The highest BCUT2D eigenvalue weighted by molar-refractivity contribution is 9.10. The largest absolute Gasteiger partial charge is 0.348 e. The fraction of sp³-hybridized carbons (Fsp3) is 0.133. The van der Waals surface area contributed by atoms with E-state index in [2.05, 4.69) is 21.2 Å². The zero-order valence-corrected chi connectivity index (χ0v) is 12.8. The number of amides is 1. The van der Waals surface area contributed by atoms with Crippen LogP contribution in [-0.4, -0.2) is 5.91 Å². The maximum atomic E-state index is 13.2. The van der Waals surface area contributed by atoms with Crippen LogP contribution in [-0.2, 0) is 12.4 Å². The van der Waals surface area contributed by atoms with Gasteiger partial charge >= 0.3 is 0 Å². The first-order chi connectivity index (χ1) is 9.58. The number of hydrogen-bond donors (Lipinski definition) is 1. The second-order valence-corrected chi connectivity index (χ2v) is 5.48. The first-order valence-corrected chi connectivity index (χ1v) is 7.29. The molecule has 1 amide bonds. The minimum absolute atomic E-state index is 0.283. The third-order valence-electron chi connectivity index (χ3n) is 2.72. The van der Waals surface area contributed by atoms with Gasteiger partial charge in [0.05, 0.1) is 0 Å². The maximum Gasteiger partial charge on any atom is 0.251 e. The van der Waals surface area contributed by atoms with Crippen LogP contribution in [0.2, 0.25) is 0 Å². The summed E-state index contributed by atoms with van der Waals surface area (Å²) in [7, 11) is 0. The van der Waals surface area contributed by atoms with Crippen molar-refractivity contribution in [2.75, 3.05) is 0 Å². The van der Waals surface area contributed by atoms with E-state index in [4.69, 9.17) is 11.6 Å². The molecule has 2 rings (SSSR count). The van der Waals surface area contributed by atoms with Crippen molar-refractivity contribution in [1.29, 1.82) is 0 Å². The van der Waals surface area contributed by atoms with Crippen molar-refractivity contribution >= 4 is 33.4 Å². The molecule has 0 bridgehead atoms. The lowest BCUT2D eigenvalue weighted by Crippen LogP contribution is -2.23. The zero-order chi connectivity index (χ0) is 14.5. The summed E-state index contributed by atoms with van der Waals surface area (Å²) in [5.41, 5.74) is 2.23. The average molecular weight is 357 g/mol. The molecule has 0 fully saturated rings. The smallest absolute Gasteiger partial charge is 0.251 e. The molecule has 0 aliphatic rings. The molecule has 0 aliphatic heterocycles. The summed E-state index contributed by atoms with van der Waals surface area (Å²) in [6.07, 6.45) is 0. The highest BCUT2D eigenvalue weighted by atomic mass is 79.9. The fourth-order valence-corrected chi connectivity index (χ4v) is 2.42. The topological polar surface area (TPSA) is 29.1 Å². The Bertz CT molecular complexity index is 613. The molecule has 0 heterocycles. The summed E-state index contributed by atoms with van der Waals surface area (Å²) in [6.45, 7) is 0.373. The summed E-state index contributed by atoms with van der Waals surface area (Å²) in [5.74, 6) is -0.339. The van der Waals surface area contributed by atoms with E-state index in [0.717, 1.165) is 11.1 Å². The van der Waals surface area contributed by atoms with Crippen LogP contribution in [0.5, 0.6) is 0 Å². The lowest BCUT2D eigenvalue weighted by atomic mass is 10.1. The lowest BCUT2D eigenvalue weighted by Gasteiger charge is -2.07. The molecule has 0 aromatic heterocycles. The van der Waals surface area contributed by atoms with Gasteiger partial charge in [-0.05, 0) is 29.3 Å². The summed E-state index contributed by atoms with van der Waals surface area (Å²) in [4.78, 5) is 12.0. The Morgan fingerprint density at radius 3 is 2.65 bits per heavy atom. The van der Waals surface area contributed by atoms with Crippen molar-refractivity contribution in [2.45, 2.75) is 12.4 Å². The highest BCUT2D eigenvalue weighted by Crippen LogP contribution is 2.15. The molecule has 0 unspecified atom stereocenters. The van der Waals surface area contributed by atoms with Crippen LogP contribution < -0.4 is 5.32 Å². The van der Waals surface area contributed by atoms with Crippen LogP contribution in [0.4, 0.5) is 4.39 Å². The molecule has 0 spiro atoms. The van der Waals surface area contributed by atoms with Crippen LogP contribution in [0.15, 0.2) is 46.9 Å². The molecule has 1 N–H and O–H groups in total. The standard InChI is InChI=1S/C15H12BrClFNO/c16-13-5-12(6-14(18)7-13)15(20)19-9-11-3-1-2-10(4-11)8-17/h1-7H,8-9H2,(H,19,20). The quantitative estimate of drug-likeness (QED) is 0.815. The Morgan fingerprint density at radius 1 is 1.20 bits per heavy atom. The summed E-state index contributed by atoms with van der Waals surface area (Å²) >= 11 is 8.92. The molecule has 0 saturated heterocycles. The highest BCUT2D eigenvalue weighted by Gasteiger charge is 2.08. The Balaban J connectivity index is 2.04. The van der Waals surface area contributed by atoms with Gasteiger partial charge in [-0.25, -0.2) is 4.39 Å². The first kappa shape index (κ1) is 15.0. The molecule has 0 radical (unpaired) electrons. The van der Waals surface area contributed by atoms with Gasteiger partial charge in [0.15, 0.2) is 0 Å². The number of rotatable bonds is 4. The molecule has 0 aliphatic carbocycles. The van der Waals surface area contributed by atoms with E-state index < -0.39 is 5.82 Å². The molecule has 5 heteroatoms. The Hall–Kier alpha value is -1.39. The Kier molecular flexibility index (Phi) is 5.15. The summed E-state index contributed by atoms with van der Waals surface area (Å²) < 4.78 is 13.8. The van der Waals surface area contributed by atoms with Gasteiger partial charge in [-0.2, -0.15) is 0 Å². The lowest BCUT2D eigenvalue weighted by molar-refractivity contribution is 0.0950. The molecule has 104 valence electrons. The minimum Gasteiger partial charge on any atom is -0.348 e. The van der Waals surface area contributed by atoms with Crippen LogP contribution in [0.1, 0.15) is 21.5 Å². The van der Waals surface area contributed by atoms with Gasteiger partial charge in [0.2, 0.25) is 0 Å². The molecule has 20 heavy (non-hydrogen) atoms. The monoisotopic (exact) mass is 355 g/mol. The second kappa shape index (κ2) is 6.86. The third kappa shape index (κ3) is 4.05. The van der Waals surface area contributed by atoms with Gasteiger partial charge in [0.25, 0.3) is 5.91 Å². The van der Waals surface area contributed by atoms with Crippen LogP contribution in [0, 0.1) is 5.82 Å². The first-order valence-electron chi connectivity index (χ1n) is 5.96. The molecule has 2 aromatic rings. The molecular formula is C15H12BrClFNO. The predicted molar refractivity (Wildman–Crippen MR) is 81.3 cm³/mol. The van der Waals surface area contributed by atoms with Crippen molar-refractivity contribution in [3.8, 4) is 0 Å². The number of hydrogen-bond acceptors (Lipinski definition) is 1. The second-order valence-electron chi connectivity index (χ2n) is 4.29. The predicted octanol–water partition coefficient (Wildman–Crippen LogP) is 4.26. The molecule has 2 nitrogen and oxygen atoms in total. The zero-order valence-electron chi connectivity index (χ0n) is 10.5. The number of carbonyl (C=O) groups excluding carboxylic acids is 1. The summed E-state index contributed by atoms with van der Waals surface area (Å²) in [6, 6.07) is 11.7. The van der Waals surface area contributed by atoms with Crippen LogP contribution in [0.3, 0.4) is 0 Å². The Morgan fingerprint density at radius 2 is 1.95 bits per heavy atom. The van der Waals surface area contributed by atoms with E-state index in [0.29, 0.717) is 16.9 Å². The maximum absolute atomic E-state index is 13.2. The van der Waals surface area contributed by atoms with E-state index in [1.54, 1.807) is 6.07 Å². The molecular weight excluding hydrogens is 345 g/mol. The van der Waals surface area contributed by atoms with Gasteiger partial charge in [-0.3, -0.25) is 4.79 Å². The van der Waals surface area contributed by atoms with Gasteiger partial charge in [0.1, 0.15) is 5.82 Å². The van der Waals surface area contributed by atoms with Crippen molar-refractivity contribution in [3.05, 3.63) is 69.4 Å². The van der Waals surface area contributed by atoms with E-state index in [1.165, 1.54) is 12.1 Å². The number of nitrogens with one attached hydrogen (secondary N) is 1. The minimum atomic E-state index is -0.450. The van der Waals surface area contributed by atoms with E-state index in [1.807, 2.05) is 24.3 Å². The van der Waals surface area contributed by atoms with Gasteiger partial charge in [-0.1, -0.05) is 40.2 Å². The molecule has 0 saturated carbocycles. The van der Waals surface area contributed by atoms with Crippen molar-refractivity contribution in [3.63, 3.8) is 0 Å². The van der Waals surface area contributed by atoms with Crippen molar-refractivity contribution < 1.29 is 9.18 Å². The normalized spacial score (nSPS) is 10.3. The molecule has 0 atom stereocenters. The molecule has 2 aromatic carbocycles. The van der Waals surface area contributed by atoms with Crippen LogP contribution in [0.25, 0.3) is 0 Å².